The van der Waals surface area contributed by atoms with Crippen LogP contribution in [-0.4, -0.2) is 21.6 Å². The van der Waals surface area contributed by atoms with Gasteiger partial charge in [0.2, 0.25) is 0 Å². The van der Waals surface area contributed by atoms with Crippen molar-refractivity contribution in [3.05, 3.63) is 53.6 Å². The average molecular weight is 290 g/mol. The highest BCUT2D eigenvalue weighted by Crippen LogP contribution is 2.16. The summed E-state index contributed by atoms with van der Waals surface area (Å²) in [6, 6.07) is 6.91. The number of nitrogens with one attached hydrogen (secondary N) is 1. The van der Waals surface area contributed by atoms with E-state index in [-0.39, 0.29) is 11.6 Å². The summed E-state index contributed by atoms with van der Waals surface area (Å²) in [6.45, 7) is 2.71. The first kappa shape index (κ1) is 14.8. The molecule has 2 N–H and O–H groups in total. The SMILES string of the molecule is CCCn1cccc1C(=O)Nc1ccc(C(=O)O)c(F)c1. The van der Waals surface area contributed by atoms with Crippen LogP contribution in [0.25, 0.3) is 0 Å². The maximum absolute atomic E-state index is 13.6. The molecule has 0 saturated carbocycles. The average Bonchev–Trinajstić information content (AvgIpc) is 2.87. The Bertz CT molecular complexity index is 679. The van der Waals surface area contributed by atoms with Crippen molar-refractivity contribution >= 4 is 17.6 Å². The molecule has 21 heavy (non-hydrogen) atoms. The first-order valence-electron chi connectivity index (χ1n) is 6.52. The fourth-order valence-electron chi connectivity index (χ4n) is 2.02. The van der Waals surface area contributed by atoms with Gasteiger partial charge in [0.05, 0.1) is 5.56 Å². The van der Waals surface area contributed by atoms with E-state index >= 15 is 0 Å². The predicted molar refractivity (Wildman–Crippen MR) is 76.0 cm³/mol. The van der Waals surface area contributed by atoms with E-state index in [1.807, 2.05) is 6.92 Å². The Morgan fingerprint density at radius 3 is 2.71 bits per heavy atom. The quantitative estimate of drug-likeness (QED) is 0.889. The molecular weight excluding hydrogens is 275 g/mol. The van der Waals surface area contributed by atoms with Gasteiger partial charge in [-0.15, -0.1) is 0 Å². The largest absolute Gasteiger partial charge is 0.478 e. The van der Waals surface area contributed by atoms with E-state index < -0.39 is 17.3 Å². The normalized spacial score (nSPS) is 10.4. The van der Waals surface area contributed by atoms with Crippen LogP contribution in [0.15, 0.2) is 36.5 Å². The molecule has 110 valence electrons. The Labute approximate surface area is 121 Å². The summed E-state index contributed by atoms with van der Waals surface area (Å²) in [5, 5.41) is 11.3. The van der Waals surface area contributed by atoms with Gasteiger partial charge >= 0.3 is 5.97 Å². The number of carbonyl (C=O) groups excluding carboxylic acids is 1. The lowest BCUT2D eigenvalue weighted by Crippen LogP contribution is -2.17. The van der Waals surface area contributed by atoms with E-state index in [0.717, 1.165) is 18.6 Å². The smallest absolute Gasteiger partial charge is 0.338 e. The molecule has 0 bridgehead atoms. The predicted octanol–water partition coefficient (Wildman–Crippen LogP) is 2.99. The number of anilines is 1. The second kappa shape index (κ2) is 6.21. The molecule has 2 aromatic rings. The molecule has 0 fully saturated rings. The van der Waals surface area contributed by atoms with Gasteiger partial charge < -0.3 is 15.0 Å². The van der Waals surface area contributed by atoms with Crippen LogP contribution in [0.2, 0.25) is 0 Å². The van der Waals surface area contributed by atoms with Crippen molar-refractivity contribution < 1.29 is 19.1 Å². The summed E-state index contributed by atoms with van der Waals surface area (Å²) in [6.07, 6.45) is 2.68. The highest BCUT2D eigenvalue weighted by Gasteiger charge is 2.14. The lowest BCUT2D eigenvalue weighted by atomic mass is 10.2. The first-order valence-corrected chi connectivity index (χ1v) is 6.52. The van der Waals surface area contributed by atoms with Crippen LogP contribution in [0.1, 0.15) is 34.2 Å². The highest BCUT2D eigenvalue weighted by molar-refractivity contribution is 6.03. The summed E-state index contributed by atoms with van der Waals surface area (Å²) in [7, 11) is 0. The van der Waals surface area contributed by atoms with Gasteiger partial charge in [0, 0.05) is 18.4 Å². The van der Waals surface area contributed by atoms with Gasteiger partial charge in [-0.1, -0.05) is 6.92 Å². The molecular formula is C15H15FN2O3. The number of hydrogen-bond acceptors (Lipinski definition) is 2. The number of aryl methyl sites for hydroxylation is 1. The van der Waals surface area contributed by atoms with Crippen molar-refractivity contribution in [2.24, 2.45) is 0 Å². The van der Waals surface area contributed by atoms with Gasteiger partial charge in [-0.2, -0.15) is 0 Å². The molecule has 0 unspecified atom stereocenters. The van der Waals surface area contributed by atoms with Gasteiger partial charge in [-0.05, 0) is 36.8 Å². The van der Waals surface area contributed by atoms with Crippen molar-refractivity contribution in [1.82, 2.24) is 4.57 Å². The van der Waals surface area contributed by atoms with Crippen molar-refractivity contribution in [1.29, 1.82) is 0 Å². The number of amides is 1. The molecule has 5 nitrogen and oxygen atoms in total. The molecule has 1 amide bonds. The standard InChI is InChI=1S/C15H15FN2O3/c1-2-7-18-8-3-4-13(18)14(19)17-10-5-6-11(15(20)21)12(16)9-10/h3-6,8-9H,2,7H2,1H3,(H,17,19)(H,20,21). The van der Waals surface area contributed by atoms with Crippen LogP contribution < -0.4 is 5.32 Å². The zero-order valence-electron chi connectivity index (χ0n) is 11.5. The minimum absolute atomic E-state index is 0.215. The number of carboxylic acids is 1. The molecule has 0 atom stereocenters. The van der Waals surface area contributed by atoms with Crippen molar-refractivity contribution in [2.45, 2.75) is 19.9 Å². The number of hydrogen-bond donors (Lipinski definition) is 2. The number of carbonyl (C=O) groups is 2. The van der Waals surface area contributed by atoms with Gasteiger partial charge in [-0.25, -0.2) is 9.18 Å². The van der Waals surface area contributed by atoms with E-state index in [1.54, 1.807) is 22.9 Å². The molecule has 0 radical (unpaired) electrons. The minimum Gasteiger partial charge on any atom is -0.478 e. The number of carboxylic acid groups (broad SMARTS) is 1. The molecule has 0 spiro atoms. The Balaban J connectivity index is 2.18. The molecule has 2 rings (SSSR count). The number of halogens is 1. The molecule has 0 aliphatic carbocycles. The molecule has 1 aromatic carbocycles. The first-order chi connectivity index (χ1) is 10.0. The van der Waals surface area contributed by atoms with E-state index in [2.05, 4.69) is 5.32 Å². The summed E-state index contributed by atoms with van der Waals surface area (Å²) >= 11 is 0. The molecule has 0 aliphatic rings. The summed E-state index contributed by atoms with van der Waals surface area (Å²) in [5.74, 6) is -2.60. The number of nitrogens with zero attached hydrogens (tertiary/aromatic N) is 1. The molecule has 1 heterocycles. The van der Waals surface area contributed by atoms with Gasteiger partial charge in [0.25, 0.3) is 5.91 Å². The molecule has 6 heteroatoms. The van der Waals surface area contributed by atoms with Gasteiger partial charge in [-0.3, -0.25) is 4.79 Å². The van der Waals surface area contributed by atoms with E-state index in [9.17, 15) is 14.0 Å². The van der Waals surface area contributed by atoms with Crippen molar-refractivity contribution in [2.75, 3.05) is 5.32 Å². The third kappa shape index (κ3) is 3.28. The maximum Gasteiger partial charge on any atom is 0.338 e. The lowest BCUT2D eigenvalue weighted by Gasteiger charge is -2.09. The van der Waals surface area contributed by atoms with Crippen LogP contribution in [0.4, 0.5) is 10.1 Å². The lowest BCUT2D eigenvalue weighted by molar-refractivity contribution is 0.0692. The Hall–Kier alpha value is -2.63. The van der Waals surface area contributed by atoms with Crippen molar-refractivity contribution in [3.8, 4) is 0 Å². The third-order valence-electron chi connectivity index (χ3n) is 2.98. The highest BCUT2D eigenvalue weighted by atomic mass is 19.1. The van der Waals surface area contributed by atoms with Gasteiger partial charge in [0.1, 0.15) is 11.5 Å². The number of aromatic carboxylic acids is 1. The second-order valence-electron chi connectivity index (χ2n) is 4.54. The Morgan fingerprint density at radius 2 is 2.10 bits per heavy atom. The summed E-state index contributed by atoms with van der Waals surface area (Å²) in [5.41, 5.74) is 0.258. The maximum atomic E-state index is 13.6. The van der Waals surface area contributed by atoms with Crippen LogP contribution in [0.3, 0.4) is 0 Å². The molecule has 1 aromatic heterocycles. The fraction of sp³-hybridized carbons (Fsp3) is 0.200. The Morgan fingerprint density at radius 1 is 1.33 bits per heavy atom. The zero-order valence-corrected chi connectivity index (χ0v) is 11.5. The van der Waals surface area contributed by atoms with Crippen LogP contribution in [0, 0.1) is 5.82 Å². The second-order valence-corrected chi connectivity index (χ2v) is 4.54. The monoisotopic (exact) mass is 290 g/mol. The van der Waals surface area contributed by atoms with E-state index in [0.29, 0.717) is 12.2 Å². The summed E-state index contributed by atoms with van der Waals surface area (Å²) < 4.78 is 15.4. The summed E-state index contributed by atoms with van der Waals surface area (Å²) in [4.78, 5) is 22.9. The van der Waals surface area contributed by atoms with Crippen LogP contribution >= 0.6 is 0 Å². The van der Waals surface area contributed by atoms with Crippen LogP contribution in [-0.2, 0) is 6.54 Å². The van der Waals surface area contributed by atoms with Crippen LogP contribution in [0.5, 0.6) is 0 Å². The fourth-order valence-corrected chi connectivity index (χ4v) is 2.02. The molecule has 0 aliphatic heterocycles. The number of rotatable bonds is 5. The number of aromatic nitrogens is 1. The minimum atomic E-state index is -1.35. The topological polar surface area (TPSA) is 71.3 Å². The van der Waals surface area contributed by atoms with E-state index in [1.165, 1.54) is 6.07 Å². The number of benzene rings is 1. The molecule has 0 saturated heterocycles. The van der Waals surface area contributed by atoms with Gasteiger partial charge in [0.15, 0.2) is 0 Å². The van der Waals surface area contributed by atoms with Crippen molar-refractivity contribution in [3.63, 3.8) is 0 Å². The Kier molecular flexibility index (Phi) is 4.37. The third-order valence-corrected chi connectivity index (χ3v) is 2.98. The van der Waals surface area contributed by atoms with E-state index in [4.69, 9.17) is 5.11 Å². The zero-order chi connectivity index (χ0) is 15.4.